The molecule has 3 aromatic rings. The van der Waals surface area contributed by atoms with Crippen LogP contribution in [0.5, 0.6) is 0 Å². The highest BCUT2D eigenvalue weighted by atomic mass is 32.1. The molecule has 0 saturated heterocycles. The number of benzene rings is 1. The third kappa shape index (κ3) is 3.38. The zero-order chi connectivity index (χ0) is 17.3. The van der Waals surface area contributed by atoms with Crippen molar-refractivity contribution in [1.29, 1.82) is 0 Å². The predicted molar refractivity (Wildman–Crippen MR) is 82.7 cm³/mol. The molecule has 3 rings (SSSR count). The van der Waals surface area contributed by atoms with Crippen molar-refractivity contribution in [1.82, 2.24) is 9.97 Å². The molecule has 0 aliphatic rings. The van der Waals surface area contributed by atoms with Crippen molar-refractivity contribution in [3.63, 3.8) is 0 Å². The highest BCUT2D eigenvalue weighted by Gasteiger charge is 2.33. The SMILES string of the molecule is Cc1nc(C(F)(F)F)ccc1C(=O)OCc1nc2ccccc2s1. The zero-order valence-electron chi connectivity index (χ0n) is 12.4. The quantitative estimate of drug-likeness (QED) is 0.657. The third-order valence-electron chi connectivity index (χ3n) is 3.26. The summed E-state index contributed by atoms with van der Waals surface area (Å²) in [5.74, 6) is -0.729. The van der Waals surface area contributed by atoms with E-state index in [9.17, 15) is 18.0 Å². The maximum absolute atomic E-state index is 12.6. The topological polar surface area (TPSA) is 52.1 Å². The minimum Gasteiger partial charge on any atom is -0.455 e. The number of rotatable bonds is 3. The van der Waals surface area contributed by atoms with E-state index in [0.717, 1.165) is 22.3 Å². The molecule has 8 heteroatoms. The largest absolute Gasteiger partial charge is 0.455 e. The van der Waals surface area contributed by atoms with Crippen LogP contribution in [0.25, 0.3) is 10.2 Å². The van der Waals surface area contributed by atoms with Gasteiger partial charge < -0.3 is 4.74 Å². The van der Waals surface area contributed by atoms with Crippen molar-refractivity contribution in [3.05, 3.63) is 58.4 Å². The first-order valence-electron chi connectivity index (χ1n) is 6.91. The maximum Gasteiger partial charge on any atom is 0.433 e. The van der Waals surface area contributed by atoms with Crippen molar-refractivity contribution in [3.8, 4) is 0 Å². The number of esters is 1. The molecule has 124 valence electrons. The van der Waals surface area contributed by atoms with Crippen LogP contribution in [-0.4, -0.2) is 15.9 Å². The number of nitrogens with zero attached hydrogens (tertiary/aromatic N) is 2. The second kappa shape index (κ2) is 6.20. The lowest BCUT2D eigenvalue weighted by atomic mass is 10.2. The van der Waals surface area contributed by atoms with E-state index >= 15 is 0 Å². The molecule has 4 nitrogen and oxygen atoms in total. The number of aromatic nitrogens is 2. The molecule has 24 heavy (non-hydrogen) atoms. The Balaban J connectivity index is 1.73. The smallest absolute Gasteiger partial charge is 0.433 e. The summed E-state index contributed by atoms with van der Waals surface area (Å²) in [6, 6.07) is 9.33. The Bertz CT molecular complexity index is 873. The van der Waals surface area contributed by atoms with Crippen molar-refractivity contribution in [2.75, 3.05) is 0 Å². The van der Waals surface area contributed by atoms with Crippen molar-refractivity contribution < 1.29 is 22.7 Å². The van der Waals surface area contributed by atoms with Crippen molar-refractivity contribution >= 4 is 27.5 Å². The van der Waals surface area contributed by atoms with Crippen LogP contribution in [0.15, 0.2) is 36.4 Å². The van der Waals surface area contributed by atoms with Crippen molar-refractivity contribution in [2.24, 2.45) is 0 Å². The zero-order valence-corrected chi connectivity index (χ0v) is 13.2. The molecule has 0 fully saturated rings. The summed E-state index contributed by atoms with van der Waals surface area (Å²) in [4.78, 5) is 19.8. The normalized spacial score (nSPS) is 11.7. The second-order valence-electron chi connectivity index (χ2n) is 4.98. The Morgan fingerprint density at radius 3 is 2.58 bits per heavy atom. The number of halogens is 3. The van der Waals surface area contributed by atoms with Gasteiger partial charge >= 0.3 is 12.1 Å². The molecule has 0 unspecified atom stereocenters. The molecule has 2 aromatic heterocycles. The number of pyridine rings is 1. The van der Waals surface area contributed by atoms with Crippen molar-refractivity contribution in [2.45, 2.75) is 19.7 Å². The van der Waals surface area contributed by atoms with Gasteiger partial charge in [0.1, 0.15) is 17.3 Å². The average molecular weight is 352 g/mol. The van der Waals surface area contributed by atoms with E-state index in [0.29, 0.717) is 5.01 Å². The Morgan fingerprint density at radius 2 is 1.92 bits per heavy atom. The molecule has 0 atom stereocenters. The Hall–Kier alpha value is -2.48. The van der Waals surface area contributed by atoms with E-state index in [-0.39, 0.29) is 17.9 Å². The molecule has 0 saturated carbocycles. The number of ether oxygens (including phenoxy) is 1. The first-order chi connectivity index (χ1) is 11.3. The molecule has 1 aromatic carbocycles. The van der Waals surface area contributed by atoms with Gasteiger partial charge in [-0.25, -0.2) is 14.8 Å². The molecule has 2 heterocycles. The third-order valence-corrected chi connectivity index (χ3v) is 4.27. The first-order valence-corrected chi connectivity index (χ1v) is 7.72. The Morgan fingerprint density at radius 1 is 1.17 bits per heavy atom. The van der Waals surface area contributed by atoms with E-state index in [1.54, 1.807) is 0 Å². The van der Waals surface area contributed by atoms with Gasteiger partial charge in [0.2, 0.25) is 0 Å². The minimum absolute atomic E-state index is 0.00381. The van der Waals surface area contributed by atoms with E-state index in [4.69, 9.17) is 4.74 Å². The van der Waals surface area contributed by atoms with Gasteiger partial charge in [-0.2, -0.15) is 13.2 Å². The van der Waals surface area contributed by atoms with Crippen LogP contribution < -0.4 is 0 Å². The number of fused-ring (bicyclic) bond motifs is 1. The fraction of sp³-hybridized carbons (Fsp3) is 0.188. The lowest BCUT2D eigenvalue weighted by molar-refractivity contribution is -0.141. The van der Waals surface area contributed by atoms with Crippen LogP contribution in [-0.2, 0) is 17.5 Å². The highest BCUT2D eigenvalue weighted by Crippen LogP contribution is 2.28. The van der Waals surface area contributed by atoms with E-state index in [2.05, 4.69) is 9.97 Å². The number of hydrogen-bond donors (Lipinski definition) is 0. The average Bonchev–Trinajstić information content (AvgIpc) is 2.94. The van der Waals surface area contributed by atoms with Crippen LogP contribution in [0, 0.1) is 6.92 Å². The van der Waals surface area contributed by atoms with Gasteiger partial charge in [-0.15, -0.1) is 11.3 Å². The number of para-hydroxylation sites is 1. The summed E-state index contributed by atoms with van der Waals surface area (Å²) >= 11 is 1.39. The van der Waals surface area contributed by atoms with Crippen LogP contribution >= 0.6 is 11.3 Å². The van der Waals surface area contributed by atoms with Crippen LogP contribution in [0.2, 0.25) is 0 Å². The number of hydrogen-bond acceptors (Lipinski definition) is 5. The van der Waals surface area contributed by atoms with Gasteiger partial charge in [0.05, 0.1) is 21.5 Å². The number of alkyl halides is 3. The fourth-order valence-corrected chi connectivity index (χ4v) is 3.00. The summed E-state index contributed by atoms with van der Waals surface area (Å²) in [6.07, 6.45) is -4.55. The number of carbonyl (C=O) groups excluding carboxylic acids is 1. The summed E-state index contributed by atoms with van der Waals surface area (Å²) in [5.41, 5.74) is -0.258. The van der Waals surface area contributed by atoms with Gasteiger partial charge in [0.15, 0.2) is 0 Å². The standard InChI is InChI=1S/C16H11F3N2O2S/c1-9-10(6-7-13(20-9)16(17,18)19)15(22)23-8-14-21-11-4-2-3-5-12(11)24-14/h2-7H,8H2,1H3. The van der Waals surface area contributed by atoms with Gasteiger partial charge in [-0.05, 0) is 31.2 Å². The van der Waals surface area contributed by atoms with Gasteiger partial charge in [0, 0.05) is 0 Å². The van der Waals surface area contributed by atoms with E-state index in [1.807, 2.05) is 24.3 Å². The monoisotopic (exact) mass is 352 g/mol. The molecular weight excluding hydrogens is 341 g/mol. The lowest BCUT2D eigenvalue weighted by Crippen LogP contribution is -2.13. The van der Waals surface area contributed by atoms with E-state index in [1.165, 1.54) is 18.3 Å². The Kier molecular flexibility index (Phi) is 4.23. The first kappa shape index (κ1) is 16.4. The van der Waals surface area contributed by atoms with Gasteiger partial charge in [0.25, 0.3) is 0 Å². The summed E-state index contributed by atoms with van der Waals surface area (Å²) in [5, 5.41) is 0.613. The molecule has 0 aliphatic carbocycles. The maximum atomic E-state index is 12.6. The molecule has 0 aliphatic heterocycles. The van der Waals surface area contributed by atoms with Gasteiger partial charge in [-0.3, -0.25) is 0 Å². The number of carbonyl (C=O) groups is 1. The summed E-state index contributed by atoms with van der Waals surface area (Å²) in [7, 11) is 0. The second-order valence-corrected chi connectivity index (χ2v) is 6.09. The van der Waals surface area contributed by atoms with Gasteiger partial charge in [-0.1, -0.05) is 12.1 Å². The fourth-order valence-electron chi connectivity index (χ4n) is 2.12. The summed E-state index contributed by atoms with van der Waals surface area (Å²) < 4.78 is 43.9. The number of thiazole rings is 1. The van der Waals surface area contributed by atoms with Crippen LogP contribution in [0.1, 0.15) is 26.8 Å². The molecule has 0 radical (unpaired) electrons. The minimum atomic E-state index is -4.55. The van der Waals surface area contributed by atoms with Crippen LogP contribution in [0.3, 0.4) is 0 Å². The molecule has 0 N–H and O–H groups in total. The van der Waals surface area contributed by atoms with Crippen LogP contribution in [0.4, 0.5) is 13.2 Å². The number of aryl methyl sites for hydroxylation is 1. The lowest BCUT2D eigenvalue weighted by Gasteiger charge is -2.09. The molecule has 0 amide bonds. The highest BCUT2D eigenvalue weighted by molar-refractivity contribution is 7.18. The van der Waals surface area contributed by atoms with E-state index < -0.39 is 17.8 Å². The molecule has 0 bridgehead atoms. The Labute approximate surface area is 138 Å². The predicted octanol–water partition coefficient (Wildman–Crippen LogP) is 4.38. The molecular formula is C16H11F3N2O2S. The molecule has 0 spiro atoms. The summed E-state index contributed by atoms with van der Waals surface area (Å²) in [6.45, 7) is 1.29.